The number of nitrogens with two attached hydrogens (primary N) is 1. The van der Waals surface area contributed by atoms with Gasteiger partial charge in [0.2, 0.25) is 0 Å². The van der Waals surface area contributed by atoms with Gasteiger partial charge in [-0.1, -0.05) is 0 Å². The maximum Gasteiger partial charge on any atom is 0.266 e. The molecule has 5 heteroatoms. The van der Waals surface area contributed by atoms with Crippen molar-refractivity contribution in [2.45, 2.75) is 13.0 Å². The molecule has 0 radical (unpaired) electrons. The fourth-order valence-electron chi connectivity index (χ4n) is 1.65. The van der Waals surface area contributed by atoms with Crippen LogP contribution < -0.4 is 5.73 Å². The summed E-state index contributed by atoms with van der Waals surface area (Å²) < 4.78 is 5.29. The van der Waals surface area contributed by atoms with Crippen molar-refractivity contribution in [3.63, 3.8) is 0 Å². The standard InChI is InChI=1S/C10H14N2O2S/c1-7-6-14-4-3-12(7)10(13)9-8(11)2-5-15-9/h2,5,7H,3-4,6,11H2,1H3/t7-/m1/s1. The molecule has 1 aliphatic heterocycles. The molecule has 0 aromatic carbocycles. The van der Waals surface area contributed by atoms with E-state index >= 15 is 0 Å². The van der Waals surface area contributed by atoms with Crippen molar-refractivity contribution in [3.05, 3.63) is 16.3 Å². The molecule has 0 spiro atoms. The summed E-state index contributed by atoms with van der Waals surface area (Å²) in [4.78, 5) is 14.6. The number of amides is 1. The van der Waals surface area contributed by atoms with Crippen LogP contribution in [0.5, 0.6) is 0 Å². The van der Waals surface area contributed by atoms with Crippen LogP contribution in [0.1, 0.15) is 16.6 Å². The van der Waals surface area contributed by atoms with E-state index in [1.54, 1.807) is 6.07 Å². The van der Waals surface area contributed by atoms with Gasteiger partial charge in [-0.05, 0) is 18.4 Å². The molecule has 15 heavy (non-hydrogen) atoms. The predicted octanol–water partition coefficient (Wildman–Crippen LogP) is 1.19. The molecule has 0 saturated carbocycles. The third kappa shape index (κ3) is 1.98. The lowest BCUT2D eigenvalue weighted by Crippen LogP contribution is -2.47. The van der Waals surface area contributed by atoms with Gasteiger partial charge < -0.3 is 15.4 Å². The number of ether oxygens (including phenoxy) is 1. The fraction of sp³-hybridized carbons (Fsp3) is 0.500. The van der Waals surface area contributed by atoms with E-state index in [1.165, 1.54) is 11.3 Å². The van der Waals surface area contributed by atoms with Crippen molar-refractivity contribution < 1.29 is 9.53 Å². The van der Waals surface area contributed by atoms with Crippen LogP contribution in [0.15, 0.2) is 11.4 Å². The van der Waals surface area contributed by atoms with Crippen LogP contribution in [-0.2, 0) is 4.74 Å². The topological polar surface area (TPSA) is 55.6 Å². The zero-order chi connectivity index (χ0) is 10.8. The quantitative estimate of drug-likeness (QED) is 0.782. The van der Waals surface area contributed by atoms with Gasteiger partial charge in [0.25, 0.3) is 5.91 Å². The van der Waals surface area contributed by atoms with E-state index in [4.69, 9.17) is 10.5 Å². The Kier molecular flexibility index (Phi) is 2.93. The molecule has 1 saturated heterocycles. The summed E-state index contributed by atoms with van der Waals surface area (Å²) in [5.74, 6) is 0.0262. The predicted molar refractivity (Wildman–Crippen MR) is 60.0 cm³/mol. The lowest BCUT2D eigenvalue weighted by atomic mass is 10.2. The highest BCUT2D eigenvalue weighted by molar-refractivity contribution is 7.12. The first-order valence-corrected chi connectivity index (χ1v) is 5.80. The van der Waals surface area contributed by atoms with Gasteiger partial charge >= 0.3 is 0 Å². The number of nitrogens with zero attached hydrogens (tertiary/aromatic N) is 1. The molecule has 1 fully saturated rings. The molecule has 82 valence electrons. The smallest absolute Gasteiger partial charge is 0.266 e. The van der Waals surface area contributed by atoms with Crippen LogP contribution in [-0.4, -0.2) is 36.6 Å². The number of morpholine rings is 1. The molecule has 1 atom stereocenters. The van der Waals surface area contributed by atoms with E-state index in [0.29, 0.717) is 30.3 Å². The molecular weight excluding hydrogens is 212 g/mol. The second-order valence-corrected chi connectivity index (χ2v) is 4.54. The third-order valence-electron chi connectivity index (χ3n) is 2.52. The van der Waals surface area contributed by atoms with Gasteiger partial charge in [0, 0.05) is 6.54 Å². The molecule has 2 heterocycles. The van der Waals surface area contributed by atoms with E-state index < -0.39 is 0 Å². The highest BCUT2D eigenvalue weighted by Crippen LogP contribution is 2.22. The van der Waals surface area contributed by atoms with Crippen LogP contribution in [0.3, 0.4) is 0 Å². The molecular formula is C10H14N2O2S. The number of carbonyl (C=O) groups is 1. The summed E-state index contributed by atoms with van der Waals surface area (Å²) in [6.07, 6.45) is 0. The first-order chi connectivity index (χ1) is 7.20. The molecule has 0 aliphatic carbocycles. The number of hydrogen-bond acceptors (Lipinski definition) is 4. The number of nitrogen functional groups attached to an aromatic ring is 1. The Bertz CT molecular complexity index is 364. The van der Waals surface area contributed by atoms with Gasteiger partial charge in [-0.2, -0.15) is 0 Å². The second kappa shape index (κ2) is 4.20. The van der Waals surface area contributed by atoms with Crippen molar-refractivity contribution in [2.75, 3.05) is 25.5 Å². The first kappa shape index (κ1) is 10.4. The van der Waals surface area contributed by atoms with Crippen molar-refractivity contribution in [3.8, 4) is 0 Å². The van der Waals surface area contributed by atoms with Crippen molar-refractivity contribution >= 4 is 22.9 Å². The summed E-state index contributed by atoms with van der Waals surface area (Å²) in [7, 11) is 0. The normalized spacial score (nSPS) is 21.7. The molecule has 4 nitrogen and oxygen atoms in total. The summed E-state index contributed by atoms with van der Waals surface area (Å²) in [6.45, 7) is 3.86. The lowest BCUT2D eigenvalue weighted by Gasteiger charge is -2.33. The minimum absolute atomic E-state index is 0.0262. The highest BCUT2D eigenvalue weighted by atomic mass is 32.1. The average molecular weight is 226 g/mol. The van der Waals surface area contributed by atoms with Crippen LogP contribution in [0.4, 0.5) is 5.69 Å². The molecule has 1 amide bonds. The summed E-state index contributed by atoms with van der Waals surface area (Å²) in [6, 6.07) is 1.90. The van der Waals surface area contributed by atoms with E-state index in [2.05, 4.69) is 0 Å². The van der Waals surface area contributed by atoms with E-state index in [0.717, 1.165) is 0 Å². The van der Waals surface area contributed by atoms with Gasteiger partial charge in [0.15, 0.2) is 0 Å². The van der Waals surface area contributed by atoms with Gasteiger partial charge in [-0.3, -0.25) is 4.79 Å². The number of thiophene rings is 1. The minimum atomic E-state index is 0.0262. The van der Waals surface area contributed by atoms with Crippen LogP contribution >= 0.6 is 11.3 Å². The summed E-state index contributed by atoms with van der Waals surface area (Å²) in [5, 5.41) is 1.84. The SMILES string of the molecule is C[C@@H]1COCCN1C(=O)c1sccc1N. The minimum Gasteiger partial charge on any atom is -0.397 e. The second-order valence-electron chi connectivity index (χ2n) is 3.63. The number of hydrogen-bond donors (Lipinski definition) is 1. The van der Waals surface area contributed by atoms with Crippen LogP contribution in [0.2, 0.25) is 0 Å². The van der Waals surface area contributed by atoms with Crippen molar-refractivity contribution in [2.24, 2.45) is 0 Å². The van der Waals surface area contributed by atoms with E-state index in [-0.39, 0.29) is 11.9 Å². The molecule has 1 aromatic heterocycles. The van der Waals surface area contributed by atoms with Gasteiger partial charge in [0.1, 0.15) is 4.88 Å². The Morgan fingerprint density at radius 3 is 3.13 bits per heavy atom. The first-order valence-electron chi connectivity index (χ1n) is 4.92. The van der Waals surface area contributed by atoms with Gasteiger partial charge in [-0.15, -0.1) is 11.3 Å². The van der Waals surface area contributed by atoms with Crippen LogP contribution in [0, 0.1) is 0 Å². The monoisotopic (exact) mass is 226 g/mol. The Labute approximate surface area is 92.6 Å². The fourth-order valence-corrected chi connectivity index (χ4v) is 2.43. The largest absolute Gasteiger partial charge is 0.397 e. The maximum atomic E-state index is 12.1. The van der Waals surface area contributed by atoms with Gasteiger partial charge in [0.05, 0.1) is 24.9 Å². The Balaban J connectivity index is 2.17. The highest BCUT2D eigenvalue weighted by Gasteiger charge is 2.26. The van der Waals surface area contributed by atoms with Crippen LogP contribution in [0.25, 0.3) is 0 Å². The van der Waals surface area contributed by atoms with Gasteiger partial charge in [-0.25, -0.2) is 0 Å². The zero-order valence-corrected chi connectivity index (χ0v) is 9.42. The average Bonchev–Trinajstić information content (AvgIpc) is 2.64. The Morgan fingerprint density at radius 2 is 2.53 bits per heavy atom. The number of carbonyl (C=O) groups excluding carboxylic acids is 1. The molecule has 2 rings (SSSR count). The van der Waals surface area contributed by atoms with Crippen molar-refractivity contribution in [1.82, 2.24) is 4.90 Å². The molecule has 2 N–H and O–H groups in total. The summed E-state index contributed by atoms with van der Waals surface area (Å²) in [5.41, 5.74) is 6.30. The Hall–Kier alpha value is -1.07. The molecule has 0 unspecified atom stereocenters. The number of rotatable bonds is 1. The number of anilines is 1. The van der Waals surface area contributed by atoms with E-state index in [1.807, 2.05) is 17.2 Å². The zero-order valence-electron chi connectivity index (χ0n) is 8.60. The lowest BCUT2D eigenvalue weighted by molar-refractivity contribution is 0.00392. The van der Waals surface area contributed by atoms with E-state index in [9.17, 15) is 4.79 Å². The molecule has 0 bridgehead atoms. The van der Waals surface area contributed by atoms with Crippen molar-refractivity contribution in [1.29, 1.82) is 0 Å². The Morgan fingerprint density at radius 1 is 1.73 bits per heavy atom. The maximum absolute atomic E-state index is 12.1. The molecule has 1 aromatic rings. The third-order valence-corrected chi connectivity index (χ3v) is 3.44. The summed E-state index contributed by atoms with van der Waals surface area (Å²) >= 11 is 1.40. The molecule has 1 aliphatic rings.